The highest BCUT2D eigenvalue weighted by Gasteiger charge is 2.42. The molecule has 0 aromatic heterocycles. The third kappa shape index (κ3) is 4.37. The summed E-state index contributed by atoms with van der Waals surface area (Å²) in [5.41, 5.74) is 12.2. The molecule has 1 saturated heterocycles. The number of piperidine rings is 1. The van der Waals surface area contributed by atoms with E-state index in [-0.39, 0.29) is 23.1 Å². The number of rotatable bonds is 4. The molecule has 0 amide bonds. The van der Waals surface area contributed by atoms with Crippen LogP contribution in [0, 0.1) is 11.8 Å². The summed E-state index contributed by atoms with van der Waals surface area (Å²) in [7, 11) is 2.22. The van der Waals surface area contributed by atoms with Crippen molar-refractivity contribution in [3.63, 3.8) is 0 Å². The van der Waals surface area contributed by atoms with E-state index in [1.807, 2.05) is 0 Å². The van der Waals surface area contributed by atoms with E-state index in [0.717, 1.165) is 12.1 Å². The Kier molecular flexibility index (Phi) is 6.24. The summed E-state index contributed by atoms with van der Waals surface area (Å²) < 4.78 is 0. The topological polar surface area (TPSA) is 53.6 Å². The van der Waals surface area contributed by atoms with Gasteiger partial charge in [-0.15, -0.1) is 0 Å². The molecule has 2 aromatic rings. The van der Waals surface area contributed by atoms with Gasteiger partial charge in [-0.1, -0.05) is 74.5 Å². The van der Waals surface area contributed by atoms with E-state index < -0.39 is 0 Å². The zero-order valence-electron chi connectivity index (χ0n) is 16.2. The minimum absolute atomic E-state index is 0.205. The van der Waals surface area contributed by atoms with Gasteiger partial charge in [0.25, 0.3) is 0 Å². The Balaban J connectivity index is 2.08. The fourth-order valence-electron chi connectivity index (χ4n) is 4.22. The first-order valence-corrected chi connectivity index (χ1v) is 9.83. The highest BCUT2D eigenvalue weighted by Crippen LogP contribution is 2.45. The minimum atomic E-state index is 0.205. The summed E-state index contributed by atoms with van der Waals surface area (Å²) in [6.07, 6.45) is 0.850. The van der Waals surface area contributed by atoms with Crippen LogP contribution in [0.5, 0.6) is 0 Å². The van der Waals surface area contributed by atoms with Crippen molar-refractivity contribution in [1.82, 2.24) is 10.3 Å². The second-order valence-electron chi connectivity index (χ2n) is 7.50. The first-order chi connectivity index (χ1) is 13.0. The number of hydrogen-bond donors (Lipinski definition) is 2. The van der Waals surface area contributed by atoms with E-state index in [2.05, 4.69) is 97.0 Å². The first kappa shape index (κ1) is 19.5. The molecular formula is C22H28N4S. The maximum atomic E-state index is 5.65. The molecule has 0 saturated carbocycles. The van der Waals surface area contributed by atoms with E-state index >= 15 is 0 Å². The lowest BCUT2D eigenvalue weighted by atomic mass is 9.73. The molecule has 1 aliphatic heterocycles. The number of nitrogens with two attached hydrogens (primary N) is 1. The van der Waals surface area contributed by atoms with Crippen molar-refractivity contribution in [1.29, 1.82) is 0 Å². The van der Waals surface area contributed by atoms with Gasteiger partial charge in [0.05, 0.1) is 0 Å². The molecule has 142 valence electrons. The Morgan fingerprint density at radius 3 is 2.15 bits per heavy atom. The lowest BCUT2D eigenvalue weighted by Crippen LogP contribution is -2.46. The number of hydrazone groups is 1. The van der Waals surface area contributed by atoms with Crippen molar-refractivity contribution >= 4 is 23.0 Å². The molecule has 4 nitrogen and oxygen atoms in total. The van der Waals surface area contributed by atoms with Gasteiger partial charge in [0.2, 0.25) is 0 Å². The Morgan fingerprint density at radius 1 is 1.07 bits per heavy atom. The van der Waals surface area contributed by atoms with Gasteiger partial charge in [-0.05, 0) is 36.3 Å². The van der Waals surface area contributed by atoms with E-state index in [1.165, 1.54) is 11.1 Å². The standard InChI is InChI=1S/C22H28N4S/c1-15(2)20-18(24-25-22(23)27)14-19(16-10-6-4-7-11-16)26(3)21(20)17-12-8-5-9-13-17/h4-13,15,19-21H,14H2,1-3H3,(H3,23,25,27)/b24-18+/t19-,20+,21-/m1/s1. The fourth-order valence-corrected chi connectivity index (χ4v) is 4.27. The molecule has 0 unspecified atom stereocenters. The van der Waals surface area contributed by atoms with E-state index in [1.54, 1.807) is 0 Å². The van der Waals surface area contributed by atoms with Crippen LogP contribution in [0.4, 0.5) is 0 Å². The predicted octanol–water partition coefficient (Wildman–Crippen LogP) is 4.27. The number of hydrogen-bond acceptors (Lipinski definition) is 3. The highest BCUT2D eigenvalue weighted by molar-refractivity contribution is 7.80. The van der Waals surface area contributed by atoms with Gasteiger partial charge in [-0.3, -0.25) is 10.3 Å². The van der Waals surface area contributed by atoms with Gasteiger partial charge in [0, 0.05) is 30.1 Å². The molecule has 0 radical (unpaired) electrons. The Bertz CT molecular complexity index is 788. The monoisotopic (exact) mass is 380 g/mol. The number of benzene rings is 2. The molecule has 0 bridgehead atoms. The highest BCUT2D eigenvalue weighted by atomic mass is 32.1. The lowest BCUT2D eigenvalue weighted by Gasteiger charge is -2.47. The Hall–Kier alpha value is -2.24. The summed E-state index contributed by atoms with van der Waals surface area (Å²) in [5, 5.41) is 4.85. The SMILES string of the molecule is CC(C)[C@H]1/C(=N/NC(N)=S)C[C@H](c2ccccc2)N(C)[C@@H]1c1ccccc1. The zero-order valence-corrected chi connectivity index (χ0v) is 17.0. The summed E-state index contributed by atoms with van der Waals surface area (Å²) in [4.78, 5) is 2.50. The average Bonchev–Trinajstić information content (AvgIpc) is 2.67. The van der Waals surface area contributed by atoms with E-state index in [9.17, 15) is 0 Å². The summed E-state index contributed by atoms with van der Waals surface area (Å²) in [6.45, 7) is 4.52. The zero-order chi connectivity index (χ0) is 19.4. The van der Waals surface area contributed by atoms with Crippen LogP contribution < -0.4 is 11.2 Å². The molecule has 0 aliphatic carbocycles. The van der Waals surface area contributed by atoms with Gasteiger partial charge >= 0.3 is 0 Å². The number of likely N-dealkylation sites (tertiary alicyclic amines) is 1. The summed E-state index contributed by atoms with van der Waals surface area (Å²) in [5.74, 6) is 0.709. The smallest absolute Gasteiger partial charge is 0.184 e. The summed E-state index contributed by atoms with van der Waals surface area (Å²) >= 11 is 4.99. The van der Waals surface area contributed by atoms with Crippen molar-refractivity contribution in [3.05, 3.63) is 71.8 Å². The predicted molar refractivity (Wildman–Crippen MR) is 116 cm³/mol. The molecule has 0 spiro atoms. The van der Waals surface area contributed by atoms with Crippen LogP contribution in [0.25, 0.3) is 0 Å². The quantitative estimate of drug-likeness (QED) is 0.614. The van der Waals surface area contributed by atoms with Gasteiger partial charge in [-0.2, -0.15) is 5.10 Å². The number of nitrogens with one attached hydrogen (secondary N) is 1. The van der Waals surface area contributed by atoms with Crippen LogP contribution in [-0.2, 0) is 0 Å². The molecule has 27 heavy (non-hydrogen) atoms. The lowest BCUT2D eigenvalue weighted by molar-refractivity contribution is 0.107. The molecule has 5 heteroatoms. The maximum Gasteiger partial charge on any atom is 0.184 e. The molecule has 1 heterocycles. The van der Waals surface area contributed by atoms with Gasteiger partial charge < -0.3 is 5.73 Å². The number of nitrogens with zero attached hydrogens (tertiary/aromatic N) is 2. The molecule has 1 fully saturated rings. The van der Waals surface area contributed by atoms with Crippen LogP contribution in [0.3, 0.4) is 0 Å². The van der Waals surface area contributed by atoms with Crippen molar-refractivity contribution < 1.29 is 0 Å². The second-order valence-corrected chi connectivity index (χ2v) is 7.94. The van der Waals surface area contributed by atoms with E-state index in [0.29, 0.717) is 5.92 Å². The van der Waals surface area contributed by atoms with Crippen LogP contribution in [0.1, 0.15) is 43.5 Å². The van der Waals surface area contributed by atoms with Crippen molar-refractivity contribution in [2.45, 2.75) is 32.4 Å². The third-order valence-corrected chi connectivity index (χ3v) is 5.50. The van der Waals surface area contributed by atoms with Crippen molar-refractivity contribution in [2.75, 3.05) is 7.05 Å². The average molecular weight is 381 g/mol. The van der Waals surface area contributed by atoms with Crippen molar-refractivity contribution in [2.24, 2.45) is 22.7 Å². The molecule has 3 atom stereocenters. The van der Waals surface area contributed by atoms with Crippen molar-refractivity contribution in [3.8, 4) is 0 Å². The van der Waals surface area contributed by atoms with Crippen LogP contribution in [0.15, 0.2) is 65.8 Å². The maximum absolute atomic E-state index is 5.65. The van der Waals surface area contributed by atoms with Gasteiger partial charge in [-0.25, -0.2) is 0 Å². The first-order valence-electron chi connectivity index (χ1n) is 9.42. The molecule has 1 aliphatic rings. The molecular weight excluding hydrogens is 352 g/mol. The molecule has 3 N–H and O–H groups in total. The minimum Gasteiger partial charge on any atom is -0.375 e. The van der Waals surface area contributed by atoms with Crippen LogP contribution >= 0.6 is 12.2 Å². The normalized spacial score (nSPS) is 24.9. The second kappa shape index (κ2) is 8.63. The Labute approximate surface area is 167 Å². The fraction of sp³-hybridized carbons (Fsp3) is 0.364. The third-order valence-electron chi connectivity index (χ3n) is 5.41. The largest absolute Gasteiger partial charge is 0.375 e. The number of thiocarbonyl (C=S) groups is 1. The molecule has 2 aromatic carbocycles. The Morgan fingerprint density at radius 2 is 1.63 bits per heavy atom. The van der Waals surface area contributed by atoms with Gasteiger partial charge in [0.15, 0.2) is 5.11 Å². The summed E-state index contributed by atoms with van der Waals surface area (Å²) in [6, 6.07) is 21.8. The van der Waals surface area contributed by atoms with E-state index in [4.69, 9.17) is 18.0 Å². The molecule has 3 rings (SSSR count). The van der Waals surface area contributed by atoms with Gasteiger partial charge in [0.1, 0.15) is 0 Å². The van der Waals surface area contributed by atoms with Crippen LogP contribution in [-0.4, -0.2) is 22.8 Å². The van der Waals surface area contributed by atoms with Crippen LogP contribution in [0.2, 0.25) is 0 Å².